The lowest BCUT2D eigenvalue weighted by Gasteiger charge is -1.98. The van der Waals surface area contributed by atoms with Crippen molar-refractivity contribution in [1.82, 2.24) is 9.38 Å². The summed E-state index contributed by atoms with van der Waals surface area (Å²) < 4.78 is 14.7. The van der Waals surface area contributed by atoms with E-state index in [0.29, 0.717) is 16.9 Å². The van der Waals surface area contributed by atoms with E-state index < -0.39 is 0 Å². The van der Waals surface area contributed by atoms with E-state index in [1.807, 2.05) is 23.7 Å². The van der Waals surface area contributed by atoms with Gasteiger partial charge in [0.15, 0.2) is 6.29 Å². The summed E-state index contributed by atoms with van der Waals surface area (Å²) >= 11 is 0. The van der Waals surface area contributed by atoms with Crippen molar-refractivity contribution in [1.29, 1.82) is 0 Å². The first-order valence-corrected chi connectivity index (χ1v) is 5.88. The number of fused-ring (bicyclic) bond motifs is 1. The number of carbonyl (C=O) groups is 1. The monoisotopic (exact) mass is 254 g/mol. The first kappa shape index (κ1) is 11.6. The minimum Gasteiger partial charge on any atom is -0.306 e. The Kier molecular flexibility index (Phi) is 2.63. The number of benzene rings is 1. The minimum absolute atomic E-state index is 0.281. The van der Waals surface area contributed by atoms with Crippen LogP contribution in [-0.2, 0) is 0 Å². The number of nitrogens with zero attached hydrogens (tertiary/aromatic N) is 2. The molecule has 0 fully saturated rings. The fraction of sp³-hybridized carbons (Fsp3) is 0.0667. The number of halogens is 1. The van der Waals surface area contributed by atoms with Crippen molar-refractivity contribution >= 4 is 11.9 Å². The summed E-state index contributed by atoms with van der Waals surface area (Å²) in [5.41, 5.74) is 3.68. The van der Waals surface area contributed by atoms with Crippen LogP contribution in [0.2, 0.25) is 0 Å². The van der Waals surface area contributed by atoms with Crippen LogP contribution < -0.4 is 0 Å². The van der Waals surface area contributed by atoms with Gasteiger partial charge in [0.2, 0.25) is 0 Å². The van der Waals surface area contributed by atoms with Gasteiger partial charge in [0.1, 0.15) is 11.5 Å². The first-order chi connectivity index (χ1) is 9.17. The largest absolute Gasteiger partial charge is 0.306 e. The van der Waals surface area contributed by atoms with Crippen LogP contribution in [0.5, 0.6) is 0 Å². The van der Waals surface area contributed by atoms with Crippen LogP contribution in [0.3, 0.4) is 0 Å². The molecule has 0 aliphatic carbocycles. The summed E-state index contributed by atoms with van der Waals surface area (Å²) in [5.74, 6) is -0.281. The van der Waals surface area contributed by atoms with E-state index >= 15 is 0 Å². The van der Waals surface area contributed by atoms with Crippen molar-refractivity contribution < 1.29 is 9.18 Å². The number of aromatic nitrogens is 2. The molecule has 0 saturated carbocycles. The summed E-state index contributed by atoms with van der Waals surface area (Å²) in [5, 5.41) is 0. The molecule has 94 valence electrons. The van der Waals surface area contributed by atoms with Gasteiger partial charge < -0.3 is 4.40 Å². The lowest BCUT2D eigenvalue weighted by Crippen LogP contribution is -1.91. The van der Waals surface area contributed by atoms with Crippen molar-refractivity contribution in [2.75, 3.05) is 0 Å². The number of hydrogen-bond acceptors (Lipinski definition) is 2. The zero-order valence-electron chi connectivity index (χ0n) is 10.3. The van der Waals surface area contributed by atoms with Crippen molar-refractivity contribution in [3.63, 3.8) is 0 Å². The molecule has 19 heavy (non-hydrogen) atoms. The molecular formula is C15H11FN2O. The van der Waals surface area contributed by atoms with Crippen LogP contribution >= 0.6 is 0 Å². The van der Waals surface area contributed by atoms with Gasteiger partial charge >= 0.3 is 0 Å². The highest BCUT2D eigenvalue weighted by molar-refractivity contribution is 5.85. The van der Waals surface area contributed by atoms with Crippen LogP contribution in [0.1, 0.15) is 15.9 Å². The Bertz CT molecular complexity index is 760. The van der Waals surface area contributed by atoms with Gasteiger partial charge in [-0.1, -0.05) is 0 Å². The van der Waals surface area contributed by atoms with Gasteiger partial charge in [0, 0.05) is 18.0 Å². The van der Waals surface area contributed by atoms with Gasteiger partial charge in [0.25, 0.3) is 0 Å². The van der Waals surface area contributed by atoms with Crippen molar-refractivity contribution in [2.45, 2.75) is 6.92 Å². The molecule has 0 unspecified atom stereocenters. The van der Waals surface area contributed by atoms with E-state index in [9.17, 15) is 9.18 Å². The highest BCUT2D eigenvalue weighted by Gasteiger charge is 2.08. The third kappa shape index (κ3) is 2.01. The van der Waals surface area contributed by atoms with E-state index in [1.165, 1.54) is 12.1 Å². The summed E-state index contributed by atoms with van der Waals surface area (Å²) in [7, 11) is 0. The third-order valence-corrected chi connectivity index (χ3v) is 2.98. The number of carbonyl (C=O) groups excluding carboxylic acids is 1. The Morgan fingerprint density at radius 2 is 1.95 bits per heavy atom. The summed E-state index contributed by atoms with van der Waals surface area (Å²) in [6.07, 6.45) is 4.54. The van der Waals surface area contributed by atoms with Crippen molar-refractivity contribution in [2.24, 2.45) is 0 Å². The van der Waals surface area contributed by atoms with Crippen LogP contribution in [0, 0.1) is 12.7 Å². The SMILES string of the molecule is Cc1cc(C=O)c2nc(-c3ccc(F)cc3)cn2c1. The van der Waals surface area contributed by atoms with Gasteiger partial charge in [-0.3, -0.25) is 4.79 Å². The Morgan fingerprint density at radius 3 is 2.63 bits per heavy atom. The molecule has 0 N–H and O–H groups in total. The Hall–Kier alpha value is -2.49. The van der Waals surface area contributed by atoms with Gasteiger partial charge in [-0.2, -0.15) is 0 Å². The average molecular weight is 254 g/mol. The van der Waals surface area contributed by atoms with Crippen LogP contribution in [0.15, 0.2) is 42.7 Å². The third-order valence-electron chi connectivity index (χ3n) is 2.98. The molecule has 0 aliphatic rings. The number of pyridine rings is 1. The fourth-order valence-corrected chi connectivity index (χ4v) is 2.12. The lowest BCUT2D eigenvalue weighted by molar-refractivity contribution is 0.112. The Labute approximate surface area is 109 Å². The normalized spacial score (nSPS) is 10.8. The molecule has 0 bridgehead atoms. The Morgan fingerprint density at radius 1 is 1.21 bits per heavy atom. The first-order valence-electron chi connectivity index (χ1n) is 5.88. The summed E-state index contributed by atoms with van der Waals surface area (Å²) in [6.45, 7) is 1.92. The number of aldehydes is 1. The number of aryl methyl sites for hydroxylation is 1. The molecule has 3 rings (SSSR count). The van der Waals surface area contributed by atoms with E-state index in [1.54, 1.807) is 18.2 Å². The highest BCUT2D eigenvalue weighted by atomic mass is 19.1. The molecule has 3 aromatic rings. The molecule has 0 radical (unpaired) electrons. The Balaban J connectivity index is 2.21. The van der Waals surface area contributed by atoms with Crippen molar-refractivity contribution in [3.8, 4) is 11.3 Å². The predicted molar refractivity (Wildman–Crippen MR) is 70.7 cm³/mol. The molecule has 2 heterocycles. The molecule has 3 nitrogen and oxygen atoms in total. The number of hydrogen-bond donors (Lipinski definition) is 0. The number of imidazole rings is 1. The molecule has 0 spiro atoms. The van der Waals surface area contributed by atoms with Crippen LogP contribution in [-0.4, -0.2) is 15.7 Å². The van der Waals surface area contributed by atoms with Gasteiger partial charge in [-0.25, -0.2) is 9.37 Å². The van der Waals surface area contributed by atoms with Gasteiger partial charge in [-0.05, 0) is 42.8 Å². The standard InChI is InChI=1S/C15H11FN2O/c1-10-6-12(9-19)15-17-14(8-18(15)7-10)11-2-4-13(16)5-3-11/h2-9H,1H3. The molecule has 0 amide bonds. The summed E-state index contributed by atoms with van der Waals surface area (Å²) in [4.78, 5) is 15.5. The molecule has 0 saturated heterocycles. The van der Waals surface area contributed by atoms with Crippen molar-refractivity contribution in [3.05, 3.63) is 59.7 Å². The molecule has 4 heteroatoms. The summed E-state index contributed by atoms with van der Waals surface area (Å²) in [6, 6.07) is 7.93. The maximum Gasteiger partial charge on any atom is 0.153 e. The topological polar surface area (TPSA) is 34.4 Å². The van der Waals surface area contributed by atoms with Gasteiger partial charge in [-0.15, -0.1) is 0 Å². The maximum absolute atomic E-state index is 12.9. The second-order valence-corrected chi connectivity index (χ2v) is 4.45. The average Bonchev–Trinajstić information content (AvgIpc) is 2.82. The second-order valence-electron chi connectivity index (χ2n) is 4.45. The van der Waals surface area contributed by atoms with Gasteiger partial charge in [0.05, 0.1) is 11.3 Å². The molecule has 1 aromatic carbocycles. The van der Waals surface area contributed by atoms with Crippen LogP contribution in [0.4, 0.5) is 4.39 Å². The molecule has 0 aliphatic heterocycles. The van der Waals surface area contributed by atoms with E-state index in [-0.39, 0.29) is 5.82 Å². The molecule has 0 atom stereocenters. The highest BCUT2D eigenvalue weighted by Crippen LogP contribution is 2.21. The maximum atomic E-state index is 12.9. The number of rotatable bonds is 2. The molecular weight excluding hydrogens is 243 g/mol. The fourth-order valence-electron chi connectivity index (χ4n) is 2.12. The second kappa shape index (κ2) is 4.31. The molecule has 2 aromatic heterocycles. The van der Waals surface area contributed by atoms with E-state index in [4.69, 9.17) is 0 Å². The minimum atomic E-state index is -0.281. The van der Waals surface area contributed by atoms with E-state index in [2.05, 4.69) is 4.98 Å². The zero-order valence-corrected chi connectivity index (χ0v) is 10.3. The smallest absolute Gasteiger partial charge is 0.153 e. The predicted octanol–water partition coefficient (Wildman–Crippen LogP) is 3.26. The lowest BCUT2D eigenvalue weighted by atomic mass is 10.2. The van der Waals surface area contributed by atoms with Crippen LogP contribution in [0.25, 0.3) is 16.9 Å². The zero-order chi connectivity index (χ0) is 13.4. The van der Waals surface area contributed by atoms with E-state index in [0.717, 1.165) is 17.4 Å². The quantitative estimate of drug-likeness (QED) is 0.658.